The van der Waals surface area contributed by atoms with Crippen LogP contribution in [0.3, 0.4) is 0 Å². The second-order valence-electron chi connectivity index (χ2n) is 6.42. The van der Waals surface area contributed by atoms with Crippen LogP contribution in [-0.2, 0) is 5.41 Å². The third kappa shape index (κ3) is 4.38. The number of amides is 1. The van der Waals surface area contributed by atoms with Gasteiger partial charge in [0.05, 0.1) is 12.4 Å². The van der Waals surface area contributed by atoms with Crippen molar-refractivity contribution in [3.63, 3.8) is 0 Å². The monoisotopic (exact) mass is 327 g/mol. The van der Waals surface area contributed by atoms with E-state index in [4.69, 9.17) is 5.11 Å². The molecule has 1 aromatic heterocycles. The molecule has 0 aliphatic rings. The van der Waals surface area contributed by atoms with Gasteiger partial charge in [-0.2, -0.15) is 0 Å². The Labute approximate surface area is 141 Å². The molecular formula is C18H21N3O3. The van der Waals surface area contributed by atoms with Crippen molar-refractivity contribution in [1.82, 2.24) is 15.3 Å². The molecule has 24 heavy (non-hydrogen) atoms. The fourth-order valence-corrected chi connectivity index (χ4v) is 2.68. The Morgan fingerprint density at radius 2 is 1.71 bits per heavy atom. The number of carboxylic acid groups (broad SMARTS) is 1. The second kappa shape index (κ2) is 7.21. The summed E-state index contributed by atoms with van der Waals surface area (Å²) in [6, 6.07) is 10.0. The predicted octanol–water partition coefficient (Wildman–Crippen LogP) is 2.66. The molecule has 1 atom stereocenters. The quantitative estimate of drug-likeness (QED) is 0.851. The summed E-state index contributed by atoms with van der Waals surface area (Å²) in [6.07, 6.45) is 3.01. The maximum Gasteiger partial charge on any atom is 0.356 e. The maximum absolute atomic E-state index is 12.2. The normalized spacial score (nSPS) is 12.5. The van der Waals surface area contributed by atoms with Crippen LogP contribution in [0, 0.1) is 0 Å². The smallest absolute Gasteiger partial charge is 0.356 e. The summed E-state index contributed by atoms with van der Waals surface area (Å²) in [6.45, 7) is 6.19. The van der Waals surface area contributed by atoms with Gasteiger partial charge in [0.25, 0.3) is 5.91 Å². The lowest BCUT2D eigenvalue weighted by Crippen LogP contribution is -2.37. The highest BCUT2D eigenvalue weighted by Crippen LogP contribution is 2.28. The van der Waals surface area contributed by atoms with Crippen molar-refractivity contribution in [3.8, 4) is 0 Å². The number of carboxylic acids is 1. The molecule has 1 heterocycles. The summed E-state index contributed by atoms with van der Waals surface area (Å²) in [5.41, 5.74) is 1.03. The molecule has 1 amide bonds. The van der Waals surface area contributed by atoms with Crippen LogP contribution in [0.1, 0.15) is 53.7 Å². The van der Waals surface area contributed by atoms with Gasteiger partial charge in [-0.15, -0.1) is 0 Å². The van der Waals surface area contributed by atoms with Crippen LogP contribution in [0.2, 0.25) is 0 Å². The van der Waals surface area contributed by atoms with Gasteiger partial charge in [0.1, 0.15) is 5.69 Å². The number of hydrogen-bond donors (Lipinski definition) is 2. The Balaban J connectivity index is 2.00. The van der Waals surface area contributed by atoms with Crippen molar-refractivity contribution in [2.45, 2.75) is 38.6 Å². The van der Waals surface area contributed by atoms with Crippen LogP contribution in [0.4, 0.5) is 0 Å². The average molecular weight is 327 g/mol. The molecule has 1 aromatic carbocycles. The number of aromatic carboxylic acids is 1. The Kier molecular flexibility index (Phi) is 5.28. The van der Waals surface area contributed by atoms with Gasteiger partial charge < -0.3 is 10.4 Å². The summed E-state index contributed by atoms with van der Waals surface area (Å²) in [5.74, 6) is -1.54. The highest BCUT2D eigenvalue weighted by atomic mass is 16.4. The van der Waals surface area contributed by atoms with E-state index in [-0.39, 0.29) is 28.8 Å². The molecule has 0 aliphatic heterocycles. The molecule has 0 spiro atoms. The molecule has 6 nitrogen and oxygen atoms in total. The number of nitrogens with zero attached hydrogens (tertiary/aromatic N) is 2. The van der Waals surface area contributed by atoms with Gasteiger partial charge >= 0.3 is 5.97 Å². The van der Waals surface area contributed by atoms with E-state index in [1.165, 1.54) is 11.8 Å². The minimum Gasteiger partial charge on any atom is -0.476 e. The molecule has 2 N–H and O–H groups in total. The highest BCUT2D eigenvalue weighted by molar-refractivity contribution is 5.92. The molecule has 1 unspecified atom stereocenters. The van der Waals surface area contributed by atoms with E-state index in [1.807, 2.05) is 25.1 Å². The number of benzene rings is 1. The number of carbonyl (C=O) groups excluding carboxylic acids is 1. The zero-order valence-corrected chi connectivity index (χ0v) is 14.0. The maximum atomic E-state index is 12.2. The van der Waals surface area contributed by atoms with Gasteiger partial charge in [0, 0.05) is 6.04 Å². The van der Waals surface area contributed by atoms with Crippen molar-refractivity contribution < 1.29 is 14.7 Å². The topological polar surface area (TPSA) is 92.2 Å². The molecule has 0 saturated carbocycles. The fourth-order valence-electron chi connectivity index (χ4n) is 2.68. The molecule has 126 valence electrons. The third-order valence-corrected chi connectivity index (χ3v) is 3.85. The molecular weight excluding hydrogens is 306 g/mol. The lowest BCUT2D eigenvalue weighted by Gasteiger charge is -2.29. The fraction of sp³-hybridized carbons (Fsp3) is 0.333. The van der Waals surface area contributed by atoms with Crippen LogP contribution in [-0.4, -0.2) is 33.0 Å². The van der Waals surface area contributed by atoms with Crippen LogP contribution in [0.5, 0.6) is 0 Å². The highest BCUT2D eigenvalue weighted by Gasteiger charge is 2.24. The van der Waals surface area contributed by atoms with Gasteiger partial charge in [0.2, 0.25) is 0 Å². The average Bonchev–Trinajstić information content (AvgIpc) is 2.55. The number of aromatic nitrogens is 2. The lowest BCUT2D eigenvalue weighted by molar-refractivity contribution is 0.0688. The lowest BCUT2D eigenvalue weighted by atomic mass is 9.79. The predicted molar refractivity (Wildman–Crippen MR) is 90.0 cm³/mol. The number of carbonyl (C=O) groups is 2. The zero-order valence-electron chi connectivity index (χ0n) is 14.0. The number of rotatable bonds is 6. The first-order chi connectivity index (χ1) is 11.3. The van der Waals surface area contributed by atoms with Gasteiger partial charge in [-0.05, 0) is 24.3 Å². The molecule has 6 heteroatoms. The van der Waals surface area contributed by atoms with E-state index in [0.717, 1.165) is 12.6 Å². The standard InChI is InChI=1S/C18H21N3O3/c1-12(9-18(2,3)13-7-5-4-6-8-13)21-16(22)14-10-20-15(11-19-14)17(23)24/h4-8,10-12H,9H2,1-3H3,(H,21,22)(H,23,24). The van der Waals surface area contributed by atoms with Crippen molar-refractivity contribution in [1.29, 1.82) is 0 Å². The summed E-state index contributed by atoms with van der Waals surface area (Å²) in [4.78, 5) is 30.5. The molecule has 0 fully saturated rings. The van der Waals surface area contributed by atoms with Crippen molar-refractivity contribution in [2.75, 3.05) is 0 Å². The van der Waals surface area contributed by atoms with Crippen LogP contribution in [0.25, 0.3) is 0 Å². The minimum absolute atomic E-state index is 0.0753. The summed E-state index contributed by atoms with van der Waals surface area (Å²) < 4.78 is 0. The molecule has 2 aromatic rings. The Morgan fingerprint density at radius 1 is 1.12 bits per heavy atom. The van der Waals surface area contributed by atoms with Crippen molar-refractivity contribution in [2.24, 2.45) is 0 Å². The number of nitrogens with one attached hydrogen (secondary N) is 1. The summed E-state index contributed by atoms with van der Waals surface area (Å²) >= 11 is 0. The first-order valence-corrected chi connectivity index (χ1v) is 7.71. The summed E-state index contributed by atoms with van der Waals surface area (Å²) in [7, 11) is 0. The van der Waals surface area contributed by atoms with E-state index in [0.29, 0.717) is 0 Å². The van der Waals surface area contributed by atoms with Crippen molar-refractivity contribution in [3.05, 3.63) is 59.7 Å². The first kappa shape index (κ1) is 17.6. The summed E-state index contributed by atoms with van der Waals surface area (Å²) in [5, 5.41) is 11.7. The van der Waals surface area contributed by atoms with E-state index in [1.54, 1.807) is 0 Å². The van der Waals surface area contributed by atoms with Gasteiger partial charge in [-0.1, -0.05) is 44.2 Å². The molecule has 2 rings (SSSR count). The Morgan fingerprint density at radius 3 is 2.25 bits per heavy atom. The van der Waals surface area contributed by atoms with E-state index in [2.05, 4.69) is 41.3 Å². The van der Waals surface area contributed by atoms with Crippen LogP contribution in [0.15, 0.2) is 42.7 Å². The Hall–Kier alpha value is -2.76. The zero-order chi connectivity index (χ0) is 17.7. The minimum atomic E-state index is -1.17. The number of hydrogen-bond acceptors (Lipinski definition) is 4. The van der Waals surface area contributed by atoms with E-state index >= 15 is 0 Å². The Bertz CT molecular complexity index is 712. The van der Waals surface area contributed by atoms with Gasteiger partial charge in [0.15, 0.2) is 5.69 Å². The van der Waals surface area contributed by atoms with Crippen molar-refractivity contribution >= 4 is 11.9 Å². The second-order valence-corrected chi connectivity index (χ2v) is 6.42. The first-order valence-electron chi connectivity index (χ1n) is 7.71. The van der Waals surface area contributed by atoms with Crippen LogP contribution >= 0.6 is 0 Å². The van der Waals surface area contributed by atoms with Gasteiger partial charge in [-0.25, -0.2) is 14.8 Å². The molecule has 0 bridgehead atoms. The van der Waals surface area contributed by atoms with E-state index < -0.39 is 5.97 Å². The van der Waals surface area contributed by atoms with E-state index in [9.17, 15) is 9.59 Å². The molecule has 0 radical (unpaired) electrons. The molecule has 0 saturated heterocycles. The SMILES string of the molecule is CC(CC(C)(C)c1ccccc1)NC(=O)c1cnc(C(=O)O)cn1. The molecule has 0 aliphatic carbocycles. The third-order valence-electron chi connectivity index (χ3n) is 3.85. The van der Waals surface area contributed by atoms with Crippen LogP contribution < -0.4 is 5.32 Å². The van der Waals surface area contributed by atoms with Gasteiger partial charge in [-0.3, -0.25) is 4.79 Å². The largest absolute Gasteiger partial charge is 0.476 e.